The third kappa shape index (κ3) is 6.99. The van der Waals surface area contributed by atoms with Crippen LogP contribution >= 0.6 is 28.1 Å². The molecule has 10 heteroatoms. The number of ether oxygens (including phenoxy) is 1. The summed E-state index contributed by atoms with van der Waals surface area (Å²) in [5.74, 6) is 0.380. The number of carbonyl (C=O) groups excluding carboxylic acids is 1. The van der Waals surface area contributed by atoms with Gasteiger partial charge in [0.15, 0.2) is 5.11 Å². The molecule has 1 fully saturated rings. The number of rotatable bonds is 7. The van der Waals surface area contributed by atoms with E-state index in [1.807, 2.05) is 19.9 Å². The minimum atomic E-state index is -3.50. The smallest absolute Gasteiger partial charge is 0.261 e. The Morgan fingerprint density at radius 1 is 1.12 bits per heavy atom. The molecular weight excluding hydrogens is 526 g/mol. The van der Waals surface area contributed by atoms with E-state index in [4.69, 9.17) is 17.0 Å². The Bertz CT molecular complexity index is 1100. The Hall–Kier alpha value is -2.01. The van der Waals surface area contributed by atoms with Crippen molar-refractivity contribution >= 4 is 54.9 Å². The first-order chi connectivity index (χ1) is 15.7. The maximum absolute atomic E-state index is 12.8. The largest absolute Gasteiger partial charge is 0.492 e. The fourth-order valence-electron chi connectivity index (χ4n) is 3.36. The Kier molecular flexibility index (Phi) is 8.86. The van der Waals surface area contributed by atoms with Crippen molar-refractivity contribution in [2.24, 2.45) is 5.92 Å². The number of hydrogen-bond donors (Lipinski definition) is 2. The normalized spacial score (nSPS) is 14.7. The molecule has 2 N–H and O–H groups in total. The molecule has 0 aromatic heterocycles. The third-order valence-electron chi connectivity index (χ3n) is 5.05. The van der Waals surface area contributed by atoms with Gasteiger partial charge in [-0.3, -0.25) is 10.1 Å². The number of amides is 1. The lowest BCUT2D eigenvalue weighted by molar-refractivity contribution is 0.0973. The standard InChI is InChI=1S/C23H28BrN3O4S2/c1-16(2)15-31-21-11-6-17(24)14-20(21)22(28)26-23(32)25-18-7-9-19(10-8-18)33(29,30)27-12-4-3-5-13-27/h6-11,14,16H,3-5,12-13,15H2,1-2H3,(H2,25,26,28,32). The van der Waals surface area contributed by atoms with Crippen molar-refractivity contribution in [1.29, 1.82) is 0 Å². The molecule has 2 aromatic carbocycles. The van der Waals surface area contributed by atoms with Crippen LogP contribution in [0.4, 0.5) is 5.69 Å². The number of halogens is 1. The van der Waals surface area contributed by atoms with Crippen molar-refractivity contribution in [2.75, 3.05) is 25.0 Å². The highest BCUT2D eigenvalue weighted by Crippen LogP contribution is 2.24. The summed E-state index contributed by atoms with van der Waals surface area (Å²) in [6, 6.07) is 11.6. The molecule has 3 rings (SSSR count). The Morgan fingerprint density at radius 3 is 2.42 bits per heavy atom. The van der Waals surface area contributed by atoms with Crippen molar-refractivity contribution in [3.8, 4) is 5.75 Å². The monoisotopic (exact) mass is 553 g/mol. The minimum Gasteiger partial charge on any atom is -0.492 e. The molecule has 1 aliphatic heterocycles. The molecule has 33 heavy (non-hydrogen) atoms. The molecule has 1 saturated heterocycles. The zero-order chi connectivity index (χ0) is 24.0. The quantitative estimate of drug-likeness (QED) is 0.479. The van der Waals surface area contributed by atoms with Gasteiger partial charge in [0, 0.05) is 23.2 Å². The summed E-state index contributed by atoms with van der Waals surface area (Å²) < 4.78 is 33.6. The van der Waals surface area contributed by atoms with Crippen LogP contribution in [0.2, 0.25) is 0 Å². The van der Waals surface area contributed by atoms with Gasteiger partial charge < -0.3 is 10.1 Å². The van der Waals surface area contributed by atoms with Gasteiger partial charge in [0.2, 0.25) is 10.0 Å². The molecule has 7 nitrogen and oxygen atoms in total. The first kappa shape index (κ1) is 25.6. The number of piperidine rings is 1. The average Bonchev–Trinajstić information content (AvgIpc) is 2.79. The van der Waals surface area contributed by atoms with Crippen molar-refractivity contribution in [1.82, 2.24) is 9.62 Å². The lowest BCUT2D eigenvalue weighted by Crippen LogP contribution is -2.35. The second kappa shape index (κ2) is 11.4. The summed E-state index contributed by atoms with van der Waals surface area (Å²) in [5, 5.41) is 5.67. The van der Waals surface area contributed by atoms with Gasteiger partial charge >= 0.3 is 0 Å². The van der Waals surface area contributed by atoms with Gasteiger partial charge in [-0.25, -0.2) is 8.42 Å². The molecule has 178 valence electrons. The number of anilines is 1. The van der Waals surface area contributed by atoms with E-state index in [1.165, 1.54) is 4.31 Å². The predicted molar refractivity (Wildman–Crippen MR) is 137 cm³/mol. The lowest BCUT2D eigenvalue weighted by atomic mass is 10.2. The SMILES string of the molecule is CC(C)COc1ccc(Br)cc1C(=O)NC(=S)Nc1ccc(S(=O)(=O)N2CCCCC2)cc1. The van der Waals surface area contributed by atoms with E-state index >= 15 is 0 Å². The minimum absolute atomic E-state index is 0.0985. The molecule has 0 bridgehead atoms. The topological polar surface area (TPSA) is 87.7 Å². The van der Waals surface area contributed by atoms with Gasteiger partial charge in [0.05, 0.1) is 17.1 Å². The summed E-state index contributed by atoms with van der Waals surface area (Å²) in [7, 11) is -3.50. The average molecular weight is 555 g/mol. The van der Waals surface area contributed by atoms with Crippen molar-refractivity contribution in [3.05, 3.63) is 52.5 Å². The van der Waals surface area contributed by atoms with Crippen molar-refractivity contribution < 1.29 is 17.9 Å². The number of hydrogen-bond acceptors (Lipinski definition) is 5. The first-order valence-electron chi connectivity index (χ1n) is 10.8. The van der Waals surface area contributed by atoms with Crippen molar-refractivity contribution in [3.63, 3.8) is 0 Å². The molecule has 0 radical (unpaired) electrons. The summed E-state index contributed by atoms with van der Waals surface area (Å²) in [6.07, 6.45) is 2.83. The molecule has 1 heterocycles. The van der Waals surface area contributed by atoms with E-state index in [0.717, 1.165) is 23.7 Å². The highest BCUT2D eigenvalue weighted by atomic mass is 79.9. The van der Waals surface area contributed by atoms with Crippen LogP contribution in [0.25, 0.3) is 0 Å². The molecule has 0 unspecified atom stereocenters. The zero-order valence-corrected chi connectivity index (χ0v) is 21.9. The molecule has 0 aliphatic carbocycles. The van der Waals surface area contributed by atoms with E-state index in [2.05, 4.69) is 26.6 Å². The second-order valence-electron chi connectivity index (χ2n) is 8.24. The third-order valence-corrected chi connectivity index (χ3v) is 7.66. The van der Waals surface area contributed by atoms with E-state index in [0.29, 0.717) is 42.6 Å². The van der Waals surface area contributed by atoms with E-state index in [1.54, 1.807) is 36.4 Å². The van der Waals surface area contributed by atoms with Crippen LogP contribution in [0, 0.1) is 5.92 Å². The molecular formula is C23H28BrN3O4S2. The van der Waals surface area contributed by atoms with Gasteiger partial charge in [-0.1, -0.05) is 36.2 Å². The maximum Gasteiger partial charge on any atom is 0.261 e. The Labute approximate surface area is 209 Å². The summed E-state index contributed by atoms with van der Waals surface area (Å²) in [5.41, 5.74) is 0.931. The van der Waals surface area contributed by atoms with Crippen molar-refractivity contribution in [2.45, 2.75) is 38.0 Å². The number of thiocarbonyl (C=S) groups is 1. The van der Waals surface area contributed by atoms with Crippen LogP contribution in [-0.4, -0.2) is 43.4 Å². The zero-order valence-electron chi connectivity index (χ0n) is 18.6. The van der Waals surface area contributed by atoms with Gasteiger partial charge in [-0.15, -0.1) is 0 Å². The van der Waals surface area contributed by atoms with Gasteiger partial charge in [0.1, 0.15) is 5.75 Å². The number of benzene rings is 2. The number of carbonyl (C=O) groups is 1. The van der Waals surface area contributed by atoms with E-state index < -0.39 is 15.9 Å². The second-order valence-corrected chi connectivity index (χ2v) is 11.5. The van der Waals surface area contributed by atoms with Crippen LogP contribution < -0.4 is 15.4 Å². The number of nitrogens with zero attached hydrogens (tertiary/aromatic N) is 1. The summed E-state index contributed by atoms with van der Waals surface area (Å²) in [4.78, 5) is 13.0. The molecule has 0 saturated carbocycles. The highest BCUT2D eigenvalue weighted by Gasteiger charge is 2.25. The first-order valence-corrected chi connectivity index (χ1v) is 13.5. The lowest BCUT2D eigenvalue weighted by Gasteiger charge is -2.25. The van der Waals surface area contributed by atoms with E-state index in [-0.39, 0.29) is 10.0 Å². The van der Waals surface area contributed by atoms with Crippen LogP contribution in [0.5, 0.6) is 5.75 Å². The highest BCUT2D eigenvalue weighted by molar-refractivity contribution is 9.10. The Balaban J connectivity index is 1.64. The van der Waals surface area contributed by atoms with Crippen LogP contribution in [0.3, 0.4) is 0 Å². The van der Waals surface area contributed by atoms with Gasteiger partial charge in [-0.05, 0) is 73.4 Å². The van der Waals surface area contributed by atoms with Gasteiger partial charge in [-0.2, -0.15) is 4.31 Å². The van der Waals surface area contributed by atoms with Crippen LogP contribution in [0.15, 0.2) is 51.8 Å². The fraction of sp³-hybridized carbons (Fsp3) is 0.391. The fourth-order valence-corrected chi connectivity index (χ4v) is 5.45. The molecule has 0 spiro atoms. The maximum atomic E-state index is 12.8. The number of nitrogens with one attached hydrogen (secondary N) is 2. The van der Waals surface area contributed by atoms with Gasteiger partial charge in [0.25, 0.3) is 5.91 Å². The molecule has 2 aromatic rings. The summed E-state index contributed by atoms with van der Waals surface area (Å²) >= 11 is 8.66. The summed E-state index contributed by atoms with van der Waals surface area (Å²) in [6.45, 7) is 5.65. The van der Waals surface area contributed by atoms with E-state index in [9.17, 15) is 13.2 Å². The molecule has 1 aliphatic rings. The predicted octanol–water partition coefficient (Wildman–Crippen LogP) is 4.79. The molecule has 0 atom stereocenters. The number of sulfonamides is 1. The van der Waals surface area contributed by atoms with Crippen LogP contribution in [-0.2, 0) is 10.0 Å². The van der Waals surface area contributed by atoms with Crippen LogP contribution in [0.1, 0.15) is 43.5 Å². The molecule has 1 amide bonds. The Morgan fingerprint density at radius 2 is 1.79 bits per heavy atom.